The van der Waals surface area contributed by atoms with Crippen molar-refractivity contribution in [1.82, 2.24) is 0 Å². The molecule has 0 fully saturated rings. The summed E-state index contributed by atoms with van der Waals surface area (Å²) in [4.78, 5) is 11.7. The molecule has 2 aromatic rings. The Morgan fingerprint density at radius 1 is 1.06 bits per heavy atom. The van der Waals surface area contributed by atoms with Gasteiger partial charge in [0.1, 0.15) is 0 Å². The van der Waals surface area contributed by atoms with Gasteiger partial charge in [-0.1, -0.05) is 0 Å². The summed E-state index contributed by atoms with van der Waals surface area (Å²) in [6.07, 6.45) is 0. The summed E-state index contributed by atoms with van der Waals surface area (Å²) < 4.78 is 2.73. The topological polar surface area (TPSA) is 17.1 Å². The Bertz CT molecular complexity index is 563. The fourth-order valence-electron chi connectivity index (χ4n) is 1.76. The Hall–Kier alpha value is -0.277. The van der Waals surface area contributed by atoms with Gasteiger partial charge < -0.3 is 0 Å². The van der Waals surface area contributed by atoms with Crippen LogP contribution < -0.4 is 6.54 Å². The summed E-state index contributed by atoms with van der Waals surface area (Å²) in [7, 11) is 0. The average Bonchev–Trinajstić information content (AvgIpc) is 2.39. The zero-order valence-corrected chi connectivity index (χ0v) is 16.0. The molecule has 0 atom stereocenters. The molecular formula is C15H14BiIO. The van der Waals surface area contributed by atoms with Crippen LogP contribution in [0.5, 0.6) is 0 Å². The zero-order chi connectivity index (χ0) is 13.1. The van der Waals surface area contributed by atoms with Crippen LogP contribution in [0.25, 0.3) is 0 Å². The molecule has 0 bridgehead atoms. The molecule has 92 valence electrons. The first kappa shape index (κ1) is 14.1. The van der Waals surface area contributed by atoms with Gasteiger partial charge in [-0.15, -0.1) is 0 Å². The molecule has 0 N–H and O–H groups in total. The number of hydrogen-bond acceptors (Lipinski definition) is 1. The van der Waals surface area contributed by atoms with Crippen LogP contribution in [0.1, 0.15) is 22.8 Å². The van der Waals surface area contributed by atoms with E-state index in [2.05, 4.69) is 55.3 Å². The molecule has 18 heavy (non-hydrogen) atoms. The minimum absolute atomic E-state index is 0.175. The van der Waals surface area contributed by atoms with Crippen molar-refractivity contribution in [2.45, 2.75) is 13.8 Å². The monoisotopic (exact) mass is 546 g/mol. The molecule has 0 amide bonds. The summed E-state index contributed by atoms with van der Waals surface area (Å²) in [6.45, 7) is 3.76. The molecule has 2 aromatic carbocycles. The number of carbonyl (C=O) groups excluding carboxylic acids is 1. The van der Waals surface area contributed by atoms with Gasteiger partial charge in [-0.2, -0.15) is 0 Å². The zero-order valence-electron chi connectivity index (χ0n) is 10.4. The van der Waals surface area contributed by atoms with Gasteiger partial charge in [-0.3, -0.25) is 0 Å². The average molecular weight is 546 g/mol. The fraction of sp³-hybridized carbons (Fsp3) is 0.133. The molecule has 0 saturated heterocycles. The van der Waals surface area contributed by atoms with E-state index < -0.39 is 17.6 Å². The first-order valence-corrected chi connectivity index (χ1v) is 19.0. The summed E-state index contributed by atoms with van der Waals surface area (Å²) in [5.41, 5.74) is 2.19. The Labute approximate surface area is 125 Å². The summed E-state index contributed by atoms with van der Waals surface area (Å²) in [5, 5.41) is 0. The van der Waals surface area contributed by atoms with Crippen LogP contribution in [0.2, 0.25) is 0 Å². The van der Waals surface area contributed by atoms with Crippen molar-refractivity contribution < 1.29 is 4.79 Å². The molecule has 1 nitrogen and oxygen atoms in total. The third-order valence-electron chi connectivity index (χ3n) is 2.76. The van der Waals surface area contributed by atoms with Gasteiger partial charge in [0.05, 0.1) is 0 Å². The van der Waals surface area contributed by atoms with Gasteiger partial charge in [0.25, 0.3) is 0 Å². The molecule has 0 unspecified atom stereocenters. The normalized spacial score (nSPS) is 10.7. The van der Waals surface area contributed by atoms with Crippen molar-refractivity contribution in [3.8, 4) is 0 Å². The van der Waals surface area contributed by atoms with Gasteiger partial charge in [-0.25, -0.2) is 0 Å². The minimum atomic E-state index is -1.98. The maximum absolute atomic E-state index is 11.7. The number of Topliss-reactive ketones (excluding diaryl/α,β-unsaturated/α-hetero) is 1. The Morgan fingerprint density at radius 2 is 1.67 bits per heavy atom. The van der Waals surface area contributed by atoms with Crippen LogP contribution in [0.4, 0.5) is 0 Å². The summed E-state index contributed by atoms with van der Waals surface area (Å²) in [6, 6.07) is 16.8. The van der Waals surface area contributed by atoms with Crippen molar-refractivity contribution >= 4 is 47.9 Å². The van der Waals surface area contributed by atoms with Crippen LogP contribution in [0.3, 0.4) is 0 Å². The van der Waals surface area contributed by atoms with Gasteiger partial charge >= 0.3 is 126 Å². The molecule has 0 heterocycles. The second-order valence-electron chi connectivity index (χ2n) is 4.19. The molecule has 0 aliphatic carbocycles. The van der Waals surface area contributed by atoms with E-state index in [9.17, 15) is 4.79 Å². The summed E-state index contributed by atoms with van der Waals surface area (Å²) in [5.74, 6) is 0.175. The Balaban J connectivity index is 2.42. The fourth-order valence-corrected chi connectivity index (χ4v) is 13.5. The molecular weight excluding hydrogens is 532 g/mol. The van der Waals surface area contributed by atoms with E-state index in [1.807, 2.05) is 18.2 Å². The van der Waals surface area contributed by atoms with Gasteiger partial charge in [0.15, 0.2) is 0 Å². The van der Waals surface area contributed by atoms with E-state index >= 15 is 0 Å². The Kier molecular flexibility index (Phi) is 4.91. The van der Waals surface area contributed by atoms with Crippen LogP contribution in [0.15, 0.2) is 48.5 Å². The standard InChI is InChI=1S/C8H7O.C7H7.Bi.HI/c1-7(9)8-5-3-2-4-6-8;1-7-5-3-2-4-6-7;;/h2-5H,1H3;3-6H,1H3;;1H/q;;+1;/p-1. The van der Waals surface area contributed by atoms with Crippen LogP contribution >= 0.6 is 18.0 Å². The van der Waals surface area contributed by atoms with Crippen molar-refractivity contribution in [1.29, 1.82) is 0 Å². The van der Waals surface area contributed by atoms with E-state index in [-0.39, 0.29) is 5.78 Å². The first-order valence-electron chi connectivity index (χ1n) is 5.72. The van der Waals surface area contributed by atoms with Crippen LogP contribution in [-0.4, -0.2) is 23.3 Å². The van der Waals surface area contributed by atoms with Crippen molar-refractivity contribution in [2.24, 2.45) is 0 Å². The third-order valence-corrected chi connectivity index (χ3v) is 18.3. The first-order chi connectivity index (χ1) is 8.59. The van der Waals surface area contributed by atoms with E-state index in [1.165, 1.54) is 12.1 Å². The predicted molar refractivity (Wildman–Crippen MR) is 86.7 cm³/mol. The Morgan fingerprint density at radius 3 is 2.28 bits per heavy atom. The number of halogens is 1. The predicted octanol–water partition coefficient (Wildman–Crippen LogP) is 2.74. The molecule has 0 radical (unpaired) electrons. The van der Waals surface area contributed by atoms with Crippen LogP contribution in [0, 0.1) is 6.92 Å². The van der Waals surface area contributed by atoms with E-state index in [0.29, 0.717) is 0 Å². The van der Waals surface area contributed by atoms with Gasteiger partial charge in [0.2, 0.25) is 0 Å². The number of rotatable bonds is 3. The quantitative estimate of drug-likeness (QED) is 0.329. The van der Waals surface area contributed by atoms with E-state index in [0.717, 1.165) is 5.56 Å². The maximum atomic E-state index is 11.7. The second kappa shape index (κ2) is 6.25. The molecule has 2 rings (SSSR count). The van der Waals surface area contributed by atoms with E-state index in [4.69, 9.17) is 0 Å². The van der Waals surface area contributed by atoms with Crippen molar-refractivity contribution in [3.63, 3.8) is 0 Å². The number of carbonyl (C=O) groups is 1. The van der Waals surface area contributed by atoms with Crippen molar-refractivity contribution in [3.05, 3.63) is 59.7 Å². The van der Waals surface area contributed by atoms with Gasteiger partial charge in [0, 0.05) is 0 Å². The van der Waals surface area contributed by atoms with Gasteiger partial charge in [-0.05, 0) is 0 Å². The summed E-state index contributed by atoms with van der Waals surface area (Å²) >= 11 is 0.611. The number of ketones is 1. The molecule has 0 saturated carbocycles. The van der Waals surface area contributed by atoms with Crippen molar-refractivity contribution in [2.75, 3.05) is 0 Å². The number of aryl methyl sites for hydroxylation is 1. The number of benzene rings is 2. The van der Waals surface area contributed by atoms with Crippen LogP contribution in [-0.2, 0) is 0 Å². The number of hydrogen-bond donors (Lipinski definition) is 0. The SMILES string of the molecule is CC(=O)c1cccc[c]1[Bi]([I])[c]1ccc(C)cc1. The van der Waals surface area contributed by atoms with E-state index in [1.54, 1.807) is 6.92 Å². The molecule has 3 heteroatoms. The molecule has 0 aliphatic heterocycles. The third kappa shape index (κ3) is 3.18. The molecule has 0 aromatic heterocycles. The second-order valence-corrected chi connectivity index (χ2v) is 18.7. The molecule has 0 spiro atoms. The molecule has 0 aliphatic rings.